The Balaban J connectivity index is 1.53. The second-order valence-electron chi connectivity index (χ2n) is 8.66. The number of carbonyl (C=O) groups excluding carboxylic acids is 3. The van der Waals surface area contributed by atoms with E-state index in [1.165, 1.54) is 6.92 Å². The number of nitrogens with zero attached hydrogens (tertiary/aromatic N) is 2. The number of nitrogens with one attached hydrogen (secondary N) is 2. The predicted octanol–water partition coefficient (Wildman–Crippen LogP) is 0.511. The van der Waals surface area contributed by atoms with E-state index in [9.17, 15) is 14.4 Å². The maximum absolute atomic E-state index is 13.3. The Morgan fingerprint density at radius 3 is 2.67 bits per heavy atom. The Bertz CT molecular complexity index is 825. The van der Waals surface area contributed by atoms with Crippen LogP contribution in [0.15, 0.2) is 24.3 Å². The molecule has 4 rings (SSSR count). The van der Waals surface area contributed by atoms with E-state index in [-0.39, 0.29) is 35.7 Å². The van der Waals surface area contributed by atoms with Crippen LogP contribution in [0.25, 0.3) is 0 Å². The second-order valence-corrected chi connectivity index (χ2v) is 8.66. The molecule has 0 bridgehead atoms. The molecule has 3 amide bonds. The van der Waals surface area contributed by atoms with Gasteiger partial charge in [0.1, 0.15) is 11.8 Å². The summed E-state index contributed by atoms with van der Waals surface area (Å²) in [7, 11) is 1.64. The molecule has 8 nitrogen and oxygen atoms in total. The average molecular weight is 415 g/mol. The summed E-state index contributed by atoms with van der Waals surface area (Å²) in [4.78, 5) is 41.3. The molecule has 0 spiro atoms. The number of amides is 3. The number of hydrogen-bond acceptors (Lipinski definition) is 5. The van der Waals surface area contributed by atoms with Gasteiger partial charge < -0.3 is 20.3 Å². The van der Waals surface area contributed by atoms with Crippen LogP contribution < -0.4 is 15.4 Å². The summed E-state index contributed by atoms with van der Waals surface area (Å²) in [5.41, 5.74) is 1.10. The number of hydrogen-bond donors (Lipinski definition) is 2. The Kier molecular flexibility index (Phi) is 5.94. The number of carbonyl (C=O) groups is 3. The largest absolute Gasteiger partial charge is 0.497 e. The summed E-state index contributed by atoms with van der Waals surface area (Å²) in [6.07, 6.45) is 2.53. The molecule has 2 N–H and O–H groups in total. The van der Waals surface area contributed by atoms with E-state index in [1.54, 1.807) is 7.11 Å². The highest BCUT2D eigenvalue weighted by molar-refractivity contribution is 5.90. The van der Waals surface area contributed by atoms with Crippen LogP contribution in [-0.4, -0.2) is 72.4 Å². The number of benzene rings is 1. The Morgan fingerprint density at radius 2 is 1.97 bits per heavy atom. The zero-order valence-corrected chi connectivity index (χ0v) is 17.6. The fourth-order valence-electron chi connectivity index (χ4n) is 4.56. The molecule has 0 unspecified atom stereocenters. The van der Waals surface area contributed by atoms with Gasteiger partial charge in [-0.2, -0.15) is 0 Å². The Labute approximate surface area is 176 Å². The van der Waals surface area contributed by atoms with Gasteiger partial charge in [-0.1, -0.05) is 12.1 Å². The number of rotatable bonds is 6. The van der Waals surface area contributed by atoms with E-state index in [2.05, 4.69) is 15.5 Å². The maximum atomic E-state index is 13.3. The first kappa shape index (κ1) is 20.7. The van der Waals surface area contributed by atoms with Gasteiger partial charge in [-0.15, -0.1) is 0 Å². The lowest BCUT2D eigenvalue weighted by molar-refractivity contribution is -0.136. The van der Waals surface area contributed by atoms with Crippen LogP contribution in [0.5, 0.6) is 5.75 Å². The van der Waals surface area contributed by atoms with Crippen molar-refractivity contribution in [1.82, 2.24) is 20.4 Å². The van der Waals surface area contributed by atoms with Gasteiger partial charge in [0, 0.05) is 51.1 Å². The minimum atomic E-state index is -0.565. The molecule has 3 fully saturated rings. The Hall–Kier alpha value is -2.61. The topological polar surface area (TPSA) is 91.0 Å². The van der Waals surface area contributed by atoms with Crippen molar-refractivity contribution in [1.29, 1.82) is 0 Å². The van der Waals surface area contributed by atoms with Gasteiger partial charge in [-0.3, -0.25) is 19.3 Å². The minimum absolute atomic E-state index is 0.0165. The molecule has 1 aromatic rings. The number of methoxy groups -OCH3 is 1. The molecule has 2 heterocycles. The molecule has 1 saturated carbocycles. The number of fused-ring (bicyclic) bond motifs is 1. The molecule has 2 aliphatic heterocycles. The van der Waals surface area contributed by atoms with Crippen molar-refractivity contribution < 1.29 is 19.1 Å². The highest BCUT2D eigenvalue weighted by atomic mass is 16.5. The highest BCUT2D eigenvalue weighted by Crippen LogP contribution is 2.30. The van der Waals surface area contributed by atoms with Crippen molar-refractivity contribution in [2.24, 2.45) is 5.92 Å². The third-order valence-electron chi connectivity index (χ3n) is 6.12. The van der Waals surface area contributed by atoms with Crippen molar-refractivity contribution in [3.63, 3.8) is 0 Å². The quantitative estimate of drug-likeness (QED) is 0.708. The van der Waals surface area contributed by atoms with E-state index in [1.807, 2.05) is 29.2 Å². The molecule has 3 atom stereocenters. The van der Waals surface area contributed by atoms with Crippen molar-refractivity contribution in [2.75, 3.05) is 26.7 Å². The molecule has 162 valence electrons. The molecule has 0 radical (unpaired) electrons. The van der Waals surface area contributed by atoms with E-state index in [0.717, 1.165) is 30.6 Å². The monoisotopic (exact) mass is 414 g/mol. The summed E-state index contributed by atoms with van der Waals surface area (Å²) >= 11 is 0. The normalized spacial score (nSPS) is 26.7. The fourth-order valence-corrected chi connectivity index (χ4v) is 4.56. The van der Waals surface area contributed by atoms with Gasteiger partial charge in [0.25, 0.3) is 0 Å². The van der Waals surface area contributed by atoms with E-state index in [0.29, 0.717) is 26.2 Å². The van der Waals surface area contributed by atoms with Crippen LogP contribution in [0.4, 0.5) is 0 Å². The van der Waals surface area contributed by atoms with Crippen LogP contribution in [0.3, 0.4) is 0 Å². The lowest BCUT2D eigenvalue weighted by atomic mass is 10.1. The van der Waals surface area contributed by atoms with Crippen LogP contribution in [-0.2, 0) is 20.9 Å². The summed E-state index contributed by atoms with van der Waals surface area (Å²) in [6.45, 7) is 3.83. The van der Waals surface area contributed by atoms with Gasteiger partial charge in [-0.25, -0.2) is 0 Å². The van der Waals surface area contributed by atoms with Gasteiger partial charge in [0.15, 0.2) is 0 Å². The average Bonchev–Trinajstić information content (AvgIpc) is 3.50. The lowest BCUT2D eigenvalue weighted by Gasteiger charge is -2.25. The van der Waals surface area contributed by atoms with Crippen LogP contribution >= 0.6 is 0 Å². The van der Waals surface area contributed by atoms with Crippen LogP contribution in [0.2, 0.25) is 0 Å². The van der Waals surface area contributed by atoms with Gasteiger partial charge in [0.2, 0.25) is 17.7 Å². The third kappa shape index (κ3) is 4.75. The minimum Gasteiger partial charge on any atom is -0.497 e. The predicted molar refractivity (Wildman–Crippen MR) is 111 cm³/mol. The first-order valence-corrected chi connectivity index (χ1v) is 10.7. The molecule has 1 aromatic carbocycles. The van der Waals surface area contributed by atoms with Crippen molar-refractivity contribution in [2.45, 2.75) is 50.9 Å². The first-order chi connectivity index (χ1) is 14.4. The third-order valence-corrected chi connectivity index (χ3v) is 6.12. The Morgan fingerprint density at radius 1 is 1.17 bits per heavy atom. The van der Waals surface area contributed by atoms with Crippen molar-refractivity contribution in [3.05, 3.63) is 29.8 Å². The molecular formula is C22H30N4O4. The summed E-state index contributed by atoms with van der Waals surface area (Å²) < 4.78 is 5.34. The molecule has 0 aromatic heterocycles. The molecular weight excluding hydrogens is 384 g/mol. The summed E-state index contributed by atoms with van der Waals surface area (Å²) in [5.74, 6) is 0.692. The molecule has 3 aliphatic rings. The molecule has 30 heavy (non-hydrogen) atoms. The second kappa shape index (κ2) is 8.63. The smallest absolute Gasteiger partial charge is 0.246 e. The highest BCUT2D eigenvalue weighted by Gasteiger charge is 2.43. The van der Waals surface area contributed by atoms with Crippen molar-refractivity contribution >= 4 is 17.7 Å². The fraction of sp³-hybridized carbons (Fsp3) is 0.591. The summed E-state index contributed by atoms with van der Waals surface area (Å²) in [6, 6.07) is 7.31. The number of ether oxygens (including phenoxy) is 1. The standard InChI is InChI=1S/C22H30N4O4/c1-14(27)23-17-9-18-12-25(10-15-4-3-5-19(8-15)30-2)13-20(22(29)26(18)11-17)24-21(28)16-6-7-16/h3-5,8,16-18,20H,6-7,9-13H2,1-2H3,(H,23,27)(H,24,28)/t17-,18-,20-/m0/s1. The van der Waals surface area contributed by atoms with Crippen LogP contribution in [0.1, 0.15) is 31.7 Å². The van der Waals surface area contributed by atoms with E-state index in [4.69, 9.17) is 4.74 Å². The van der Waals surface area contributed by atoms with E-state index >= 15 is 0 Å². The molecule has 8 heteroatoms. The first-order valence-electron chi connectivity index (χ1n) is 10.7. The van der Waals surface area contributed by atoms with Gasteiger partial charge >= 0.3 is 0 Å². The SMILES string of the molecule is COc1cccc(CN2C[C@@H]3C[C@H](NC(C)=O)CN3C(=O)[C@@H](NC(=O)C3CC3)C2)c1. The maximum Gasteiger partial charge on any atom is 0.246 e. The van der Waals surface area contributed by atoms with E-state index < -0.39 is 6.04 Å². The molecule has 2 saturated heterocycles. The summed E-state index contributed by atoms with van der Waals surface area (Å²) in [5, 5.41) is 5.94. The zero-order valence-electron chi connectivity index (χ0n) is 17.6. The van der Waals surface area contributed by atoms with Gasteiger partial charge in [0.05, 0.1) is 7.11 Å². The zero-order chi connectivity index (χ0) is 21.3. The van der Waals surface area contributed by atoms with Crippen molar-refractivity contribution in [3.8, 4) is 5.75 Å². The molecule has 1 aliphatic carbocycles. The van der Waals surface area contributed by atoms with Crippen LogP contribution in [0, 0.1) is 5.92 Å². The lowest BCUT2D eigenvalue weighted by Crippen LogP contribution is -2.52. The van der Waals surface area contributed by atoms with Gasteiger partial charge in [-0.05, 0) is 37.0 Å².